The van der Waals surface area contributed by atoms with E-state index in [1.165, 1.54) is 10.6 Å². The number of hydrogen-bond donors (Lipinski definition) is 0. The third kappa shape index (κ3) is 2.80. The van der Waals surface area contributed by atoms with Crippen molar-refractivity contribution in [2.75, 3.05) is 25.9 Å². The Morgan fingerprint density at radius 1 is 1.38 bits per heavy atom. The van der Waals surface area contributed by atoms with Gasteiger partial charge in [0, 0.05) is 37.9 Å². The second-order valence-electron chi connectivity index (χ2n) is 5.76. The molecule has 0 saturated carbocycles. The number of carbonyl (C=O) groups excluding carboxylic acids is 1. The van der Waals surface area contributed by atoms with Gasteiger partial charge in [0.05, 0.1) is 6.26 Å². The van der Waals surface area contributed by atoms with E-state index in [0.717, 1.165) is 12.0 Å². The zero-order valence-electron chi connectivity index (χ0n) is 12.0. The smallest absolute Gasteiger partial charge is 0.241 e. The molecular weight excluding hydrogens is 290 g/mol. The van der Waals surface area contributed by atoms with Crippen molar-refractivity contribution in [1.82, 2.24) is 14.2 Å². The van der Waals surface area contributed by atoms with Crippen LogP contribution in [0, 0.1) is 0 Å². The Labute approximate surface area is 124 Å². The molecule has 6 nitrogen and oxygen atoms in total. The first-order chi connectivity index (χ1) is 9.97. The van der Waals surface area contributed by atoms with E-state index in [1.54, 1.807) is 11.1 Å². The number of nitrogens with zero attached hydrogens (tertiary/aromatic N) is 3. The van der Waals surface area contributed by atoms with Gasteiger partial charge in [-0.2, -0.15) is 4.31 Å². The van der Waals surface area contributed by atoms with Gasteiger partial charge in [-0.15, -0.1) is 0 Å². The van der Waals surface area contributed by atoms with Gasteiger partial charge in [0.1, 0.15) is 6.04 Å². The van der Waals surface area contributed by atoms with Crippen LogP contribution in [0.3, 0.4) is 0 Å². The van der Waals surface area contributed by atoms with Gasteiger partial charge < -0.3 is 4.90 Å². The summed E-state index contributed by atoms with van der Waals surface area (Å²) in [7, 11) is -3.30. The Morgan fingerprint density at radius 2 is 2.14 bits per heavy atom. The van der Waals surface area contributed by atoms with Gasteiger partial charge in [-0.3, -0.25) is 9.78 Å². The maximum Gasteiger partial charge on any atom is 0.241 e. The summed E-state index contributed by atoms with van der Waals surface area (Å²) in [5, 5.41) is 0. The molecule has 0 bridgehead atoms. The van der Waals surface area contributed by atoms with Crippen LogP contribution in [0.15, 0.2) is 24.5 Å². The minimum Gasteiger partial charge on any atom is -0.340 e. The first-order valence-corrected chi connectivity index (χ1v) is 8.97. The summed E-state index contributed by atoms with van der Waals surface area (Å²) in [6.07, 6.45) is 6.11. The van der Waals surface area contributed by atoms with Crippen LogP contribution in [0.4, 0.5) is 0 Å². The van der Waals surface area contributed by atoms with E-state index < -0.39 is 16.1 Å². The lowest BCUT2D eigenvalue weighted by atomic mass is 9.92. The fraction of sp³-hybridized carbons (Fsp3) is 0.571. The molecule has 2 aliphatic rings. The maximum absolute atomic E-state index is 12.5. The highest BCUT2D eigenvalue weighted by Crippen LogP contribution is 2.30. The van der Waals surface area contributed by atoms with E-state index in [4.69, 9.17) is 0 Å². The molecule has 3 rings (SSSR count). The number of amides is 1. The third-order valence-electron chi connectivity index (χ3n) is 4.26. The maximum atomic E-state index is 12.5. The fourth-order valence-electron chi connectivity index (χ4n) is 3.08. The molecule has 1 amide bonds. The molecule has 114 valence electrons. The van der Waals surface area contributed by atoms with Crippen LogP contribution in [-0.4, -0.2) is 60.4 Å². The summed E-state index contributed by atoms with van der Waals surface area (Å²) in [5.74, 6) is 0.258. The molecule has 0 aliphatic carbocycles. The van der Waals surface area contributed by atoms with E-state index in [0.29, 0.717) is 32.0 Å². The van der Waals surface area contributed by atoms with Gasteiger partial charge in [-0.05, 0) is 24.5 Å². The number of aromatic nitrogens is 1. The Bertz CT molecular complexity index is 626. The van der Waals surface area contributed by atoms with Crippen LogP contribution in [0.1, 0.15) is 24.3 Å². The molecule has 1 unspecified atom stereocenters. The van der Waals surface area contributed by atoms with Gasteiger partial charge in [-0.1, -0.05) is 6.07 Å². The zero-order chi connectivity index (χ0) is 15.0. The van der Waals surface area contributed by atoms with Gasteiger partial charge in [0.2, 0.25) is 15.9 Å². The predicted molar refractivity (Wildman–Crippen MR) is 78.1 cm³/mol. The average molecular weight is 309 g/mol. The Hall–Kier alpha value is -1.47. The van der Waals surface area contributed by atoms with Crippen molar-refractivity contribution in [2.45, 2.75) is 24.8 Å². The normalized spacial score (nSPS) is 24.0. The van der Waals surface area contributed by atoms with Gasteiger partial charge in [0.15, 0.2) is 0 Å². The lowest BCUT2D eigenvalue weighted by Gasteiger charge is -2.41. The van der Waals surface area contributed by atoms with Crippen LogP contribution < -0.4 is 0 Å². The molecule has 3 heterocycles. The van der Waals surface area contributed by atoms with Crippen LogP contribution >= 0.6 is 0 Å². The molecule has 1 atom stereocenters. The number of carbonyl (C=O) groups is 1. The summed E-state index contributed by atoms with van der Waals surface area (Å²) >= 11 is 0. The summed E-state index contributed by atoms with van der Waals surface area (Å²) in [5.41, 5.74) is 1.13. The van der Waals surface area contributed by atoms with Gasteiger partial charge >= 0.3 is 0 Å². The van der Waals surface area contributed by atoms with Crippen molar-refractivity contribution in [3.8, 4) is 0 Å². The van der Waals surface area contributed by atoms with Crippen molar-refractivity contribution < 1.29 is 13.2 Å². The molecule has 2 fully saturated rings. The monoisotopic (exact) mass is 309 g/mol. The second kappa shape index (κ2) is 5.38. The van der Waals surface area contributed by atoms with E-state index >= 15 is 0 Å². The highest BCUT2D eigenvalue weighted by atomic mass is 32.2. The summed E-state index contributed by atoms with van der Waals surface area (Å²) in [6, 6.07) is 3.40. The first kappa shape index (κ1) is 14.5. The molecule has 0 spiro atoms. The van der Waals surface area contributed by atoms with Crippen molar-refractivity contribution >= 4 is 15.9 Å². The molecule has 1 aromatic heterocycles. The van der Waals surface area contributed by atoms with Crippen molar-refractivity contribution in [1.29, 1.82) is 0 Å². The van der Waals surface area contributed by atoms with Crippen molar-refractivity contribution in [3.63, 3.8) is 0 Å². The number of sulfonamides is 1. The first-order valence-electron chi connectivity index (χ1n) is 7.12. The van der Waals surface area contributed by atoms with E-state index in [-0.39, 0.29) is 5.91 Å². The second-order valence-corrected chi connectivity index (χ2v) is 7.69. The lowest BCUT2D eigenvalue weighted by molar-refractivity contribution is -0.139. The number of likely N-dealkylation sites (tertiary alicyclic amines) is 1. The van der Waals surface area contributed by atoms with E-state index in [9.17, 15) is 13.2 Å². The molecular formula is C14H19N3O3S. The number of hydrogen-bond acceptors (Lipinski definition) is 4. The minimum absolute atomic E-state index is 0.0573. The highest BCUT2D eigenvalue weighted by Gasteiger charge is 2.42. The summed E-state index contributed by atoms with van der Waals surface area (Å²) < 4.78 is 24.8. The van der Waals surface area contributed by atoms with E-state index in [2.05, 4.69) is 4.98 Å². The predicted octanol–water partition coefficient (Wildman–Crippen LogP) is 0.431. The molecule has 2 saturated heterocycles. The molecule has 0 N–H and O–H groups in total. The summed E-state index contributed by atoms with van der Waals surface area (Å²) in [4.78, 5) is 18.3. The molecule has 0 radical (unpaired) electrons. The van der Waals surface area contributed by atoms with Crippen LogP contribution in [0.2, 0.25) is 0 Å². The number of pyridine rings is 1. The summed E-state index contributed by atoms with van der Waals surface area (Å²) in [6.45, 7) is 1.76. The largest absolute Gasteiger partial charge is 0.340 e. The third-order valence-corrected chi connectivity index (χ3v) is 5.55. The zero-order valence-corrected chi connectivity index (χ0v) is 12.8. The molecule has 21 heavy (non-hydrogen) atoms. The van der Waals surface area contributed by atoms with Crippen molar-refractivity contribution in [2.24, 2.45) is 0 Å². The van der Waals surface area contributed by atoms with Crippen LogP contribution in [0.25, 0.3) is 0 Å². The molecule has 0 aromatic carbocycles. The van der Waals surface area contributed by atoms with Crippen molar-refractivity contribution in [3.05, 3.63) is 30.1 Å². The fourth-order valence-corrected chi connectivity index (χ4v) is 4.20. The quantitative estimate of drug-likeness (QED) is 0.812. The topological polar surface area (TPSA) is 70.6 Å². The van der Waals surface area contributed by atoms with E-state index in [1.807, 2.05) is 18.3 Å². The standard InChI is InChI=1S/C14H19N3O3S/c1-21(19,20)17-7-3-5-13(17)14(18)16-9-12(10-16)11-4-2-6-15-8-11/h2,4,6,8,12-13H,3,5,7,9-10H2,1H3. The van der Waals surface area contributed by atoms with Crippen LogP contribution in [0.5, 0.6) is 0 Å². The highest BCUT2D eigenvalue weighted by molar-refractivity contribution is 7.88. The van der Waals surface area contributed by atoms with Gasteiger partial charge in [-0.25, -0.2) is 8.42 Å². The number of rotatable bonds is 3. The molecule has 1 aromatic rings. The lowest BCUT2D eigenvalue weighted by Crippen LogP contribution is -2.55. The Kier molecular flexibility index (Phi) is 3.71. The molecule has 2 aliphatic heterocycles. The Morgan fingerprint density at radius 3 is 2.76 bits per heavy atom. The van der Waals surface area contributed by atoms with Crippen LogP contribution in [-0.2, 0) is 14.8 Å². The van der Waals surface area contributed by atoms with Gasteiger partial charge in [0.25, 0.3) is 0 Å². The minimum atomic E-state index is -3.30. The Balaban J connectivity index is 1.63. The molecule has 7 heteroatoms. The SMILES string of the molecule is CS(=O)(=O)N1CCCC1C(=O)N1CC(c2cccnc2)C1. The average Bonchev–Trinajstić information content (AvgIpc) is 2.87.